The Morgan fingerprint density at radius 3 is 2.81 bits per heavy atom. The highest BCUT2D eigenvalue weighted by Crippen LogP contribution is 2.64. The van der Waals surface area contributed by atoms with Gasteiger partial charge in [-0.05, 0) is 61.5 Å². The largest absolute Gasteiger partial charge is 0.472 e. The summed E-state index contributed by atoms with van der Waals surface area (Å²) in [6.07, 6.45) is 9.47. The van der Waals surface area contributed by atoms with Crippen molar-refractivity contribution in [3.8, 4) is 0 Å². The van der Waals surface area contributed by atoms with Gasteiger partial charge in [-0.3, -0.25) is 9.59 Å². The smallest absolute Gasteiger partial charge is 0.185 e. The Bertz CT molecular complexity index is 705. The molecule has 2 saturated carbocycles. The van der Waals surface area contributed by atoms with Crippen molar-refractivity contribution in [2.24, 2.45) is 34.5 Å². The second-order valence-electron chi connectivity index (χ2n) is 9.33. The maximum Gasteiger partial charge on any atom is 0.185 e. The highest BCUT2D eigenvalue weighted by molar-refractivity contribution is 5.87. The number of rotatable bonds is 3. The van der Waals surface area contributed by atoms with Gasteiger partial charge in [0.15, 0.2) is 6.79 Å². The van der Waals surface area contributed by atoms with E-state index in [1.807, 2.05) is 6.08 Å². The Labute approximate surface area is 155 Å². The third-order valence-electron chi connectivity index (χ3n) is 8.16. The van der Waals surface area contributed by atoms with Crippen LogP contribution in [0.25, 0.3) is 0 Å². The van der Waals surface area contributed by atoms with Gasteiger partial charge in [0.1, 0.15) is 11.6 Å². The van der Waals surface area contributed by atoms with Crippen molar-refractivity contribution >= 4 is 11.6 Å². The van der Waals surface area contributed by atoms with Gasteiger partial charge in [0.25, 0.3) is 0 Å². The van der Waals surface area contributed by atoms with Crippen molar-refractivity contribution in [3.63, 3.8) is 0 Å². The van der Waals surface area contributed by atoms with Gasteiger partial charge in [0.2, 0.25) is 0 Å². The zero-order chi connectivity index (χ0) is 18.7. The van der Waals surface area contributed by atoms with E-state index >= 15 is 0 Å². The summed E-state index contributed by atoms with van der Waals surface area (Å²) >= 11 is 0. The predicted molar refractivity (Wildman–Crippen MR) is 97.9 cm³/mol. The van der Waals surface area contributed by atoms with Crippen LogP contribution < -0.4 is 0 Å². The number of aliphatic hydroxyl groups is 1. The molecule has 6 atom stereocenters. The quantitative estimate of drug-likeness (QED) is 0.780. The summed E-state index contributed by atoms with van der Waals surface area (Å²) in [5.41, 5.74) is 0.908. The molecule has 1 N–H and O–H groups in total. The van der Waals surface area contributed by atoms with Crippen molar-refractivity contribution in [2.45, 2.75) is 59.3 Å². The molecule has 0 spiro atoms. The van der Waals surface area contributed by atoms with E-state index in [0.29, 0.717) is 24.0 Å². The van der Waals surface area contributed by atoms with Crippen LogP contribution >= 0.6 is 0 Å². The van der Waals surface area contributed by atoms with Crippen molar-refractivity contribution in [2.75, 3.05) is 6.79 Å². The molecule has 0 heterocycles. The van der Waals surface area contributed by atoms with Gasteiger partial charge in [0.05, 0.1) is 5.76 Å². The molecule has 0 amide bonds. The fourth-order valence-electron chi connectivity index (χ4n) is 7.00. The molecule has 4 aliphatic carbocycles. The van der Waals surface area contributed by atoms with Gasteiger partial charge in [0, 0.05) is 30.1 Å². The van der Waals surface area contributed by atoms with Crippen LogP contribution in [0.2, 0.25) is 0 Å². The monoisotopic (exact) mass is 358 g/mol. The number of fused-ring (bicyclic) bond motifs is 5. The normalized spacial score (nSPS) is 44.4. The standard InChI is InChI=1S/C22H30O4/c1-13(24)17-6-7-18-16-5-4-14-10-15(26-12-23)8-9-21(14,2)20(16)19(25)11-22(17,18)3/h4,10,16-18,20,23H,5-9,11-12H2,1-3H3/t16-,17+,18-,20+,21-,22+/m0/s1. The van der Waals surface area contributed by atoms with Crippen molar-refractivity contribution < 1.29 is 19.4 Å². The van der Waals surface area contributed by atoms with E-state index in [1.54, 1.807) is 6.92 Å². The lowest BCUT2D eigenvalue weighted by atomic mass is 9.47. The highest BCUT2D eigenvalue weighted by atomic mass is 16.6. The molecule has 0 saturated heterocycles. The lowest BCUT2D eigenvalue weighted by molar-refractivity contribution is -0.145. The van der Waals surface area contributed by atoms with E-state index in [-0.39, 0.29) is 35.2 Å². The van der Waals surface area contributed by atoms with Crippen LogP contribution in [0, 0.1) is 34.5 Å². The highest BCUT2D eigenvalue weighted by Gasteiger charge is 2.62. The van der Waals surface area contributed by atoms with E-state index < -0.39 is 0 Å². The molecule has 4 aliphatic rings. The molecule has 0 aromatic heterocycles. The molecular weight excluding hydrogens is 328 g/mol. The van der Waals surface area contributed by atoms with E-state index in [2.05, 4.69) is 19.9 Å². The first-order valence-electron chi connectivity index (χ1n) is 9.99. The van der Waals surface area contributed by atoms with Gasteiger partial charge in [-0.1, -0.05) is 19.9 Å². The van der Waals surface area contributed by atoms with E-state index in [0.717, 1.165) is 37.9 Å². The maximum absolute atomic E-state index is 13.4. The SMILES string of the molecule is CC(=O)[C@H]1CC[C@H]2[C@@H]3CC=C4C=C(OCO)CC[C@]4(C)[C@H]3C(=O)C[C@]12C. The Morgan fingerprint density at radius 2 is 2.12 bits per heavy atom. The maximum atomic E-state index is 13.4. The van der Waals surface area contributed by atoms with Crippen molar-refractivity contribution in [1.29, 1.82) is 0 Å². The van der Waals surface area contributed by atoms with Crippen LogP contribution in [0.15, 0.2) is 23.5 Å². The summed E-state index contributed by atoms with van der Waals surface area (Å²) in [4.78, 5) is 25.6. The average molecular weight is 358 g/mol. The Kier molecular flexibility index (Phi) is 4.18. The number of carbonyl (C=O) groups excluding carboxylic acids is 2. The lowest BCUT2D eigenvalue weighted by Crippen LogP contribution is -2.54. The number of allylic oxidation sites excluding steroid dienone is 4. The van der Waals surface area contributed by atoms with Crippen LogP contribution in [0.3, 0.4) is 0 Å². The summed E-state index contributed by atoms with van der Waals surface area (Å²) in [7, 11) is 0. The average Bonchev–Trinajstić information content (AvgIpc) is 2.91. The molecule has 4 nitrogen and oxygen atoms in total. The van der Waals surface area contributed by atoms with Crippen molar-refractivity contribution in [1.82, 2.24) is 0 Å². The van der Waals surface area contributed by atoms with Crippen LogP contribution in [0.4, 0.5) is 0 Å². The lowest BCUT2D eigenvalue weighted by Gasteiger charge is -2.55. The first-order chi connectivity index (χ1) is 12.3. The molecule has 142 valence electrons. The number of ketones is 2. The van der Waals surface area contributed by atoms with Gasteiger partial charge >= 0.3 is 0 Å². The summed E-state index contributed by atoms with van der Waals surface area (Å²) < 4.78 is 5.32. The Balaban J connectivity index is 1.71. The molecule has 0 aliphatic heterocycles. The molecule has 0 bridgehead atoms. The fraction of sp³-hybridized carbons (Fsp3) is 0.727. The second kappa shape index (κ2) is 6.05. The number of hydrogen-bond donors (Lipinski definition) is 1. The number of carbonyl (C=O) groups is 2. The zero-order valence-corrected chi connectivity index (χ0v) is 16.1. The number of Topliss-reactive ketones (excluding diaryl/α,β-unsaturated/α-hetero) is 2. The van der Waals surface area contributed by atoms with Gasteiger partial charge in [-0.15, -0.1) is 0 Å². The molecule has 2 fully saturated rings. The Morgan fingerprint density at radius 1 is 1.35 bits per heavy atom. The molecule has 4 heteroatoms. The third kappa shape index (κ3) is 2.37. The molecule has 0 aromatic carbocycles. The van der Waals surface area contributed by atoms with Crippen LogP contribution in [-0.4, -0.2) is 23.5 Å². The van der Waals surface area contributed by atoms with Crippen LogP contribution in [0.1, 0.15) is 59.3 Å². The van der Waals surface area contributed by atoms with Gasteiger partial charge < -0.3 is 9.84 Å². The summed E-state index contributed by atoms with van der Waals surface area (Å²) in [5.74, 6) is 2.35. The molecule has 0 unspecified atom stereocenters. The van der Waals surface area contributed by atoms with Crippen LogP contribution in [-0.2, 0) is 14.3 Å². The number of hydrogen-bond acceptors (Lipinski definition) is 4. The molecule has 26 heavy (non-hydrogen) atoms. The summed E-state index contributed by atoms with van der Waals surface area (Å²) in [6.45, 7) is 5.83. The minimum absolute atomic E-state index is 0.0476. The molecular formula is C22H30O4. The van der Waals surface area contributed by atoms with Gasteiger partial charge in [-0.2, -0.15) is 0 Å². The number of ether oxygens (including phenoxy) is 1. The minimum atomic E-state index is -0.298. The first kappa shape index (κ1) is 18.0. The summed E-state index contributed by atoms with van der Waals surface area (Å²) in [5, 5.41) is 9.04. The van der Waals surface area contributed by atoms with Crippen molar-refractivity contribution in [3.05, 3.63) is 23.5 Å². The topological polar surface area (TPSA) is 63.6 Å². The first-order valence-corrected chi connectivity index (χ1v) is 9.99. The second-order valence-corrected chi connectivity index (χ2v) is 9.33. The molecule has 0 aromatic rings. The third-order valence-corrected chi connectivity index (χ3v) is 8.16. The van der Waals surface area contributed by atoms with Gasteiger partial charge in [-0.25, -0.2) is 0 Å². The predicted octanol–water partition coefficient (Wildman–Crippen LogP) is 3.79. The fourth-order valence-corrected chi connectivity index (χ4v) is 7.00. The van der Waals surface area contributed by atoms with E-state index in [4.69, 9.17) is 9.84 Å². The minimum Gasteiger partial charge on any atom is -0.472 e. The zero-order valence-electron chi connectivity index (χ0n) is 16.1. The number of aliphatic hydroxyl groups excluding tert-OH is 1. The van der Waals surface area contributed by atoms with E-state index in [1.165, 1.54) is 5.57 Å². The van der Waals surface area contributed by atoms with Crippen LogP contribution in [0.5, 0.6) is 0 Å². The molecule has 0 radical (unpaired) electrons. The Hall–Kier alpha value is -1.42. The summed E-state index contributed by atoms with van der Waals surface area (Å²) in [6, 6.07) is 0. The van der Waals surface area contributed by atoms with E-state index in [9.17, 15) is 9.59 Å². The molecule has 4 rings (SSSR count).